The SMILES string of the molecule is CCc1nccn1-c1cccc([C@H]2CCCN(C(=O)CCOc3ccccc3)C2)n1. The molecule has 0 saturated carbocycles. The van der Waals surface area contributed by atoms with Crippen molar-refractivity contribution in [1.82, 2.24) is 19.4 Å². The number of piperidine rings is 1. The minimum absolute atomic E-state index is 0.148. The van der Waals surface area contributed by atoms with Gasteiger partial charge >= 0.3 is 0 Å². The number of carbonyl (C=O) groups is 1. The second kappa shape index (κ2) is 9.57. The van der Waals surface area contributed by atoms with Gasteiger partial charge in [-0.3, -0.25) is 9.36 Å². The van der Waals surface area contributed by atoms with Crippen LogP contribution in [0.5, 0.6) is 5.75 Å². The molecule has 2 aromatic heterocycles. The maximum absolute atomic E-state index is 12.7. The van der Waals surface area contributed by atoms with Crippen molar-refractivity contribution in [2.45, 2.75) is 38.5 Å². The minimum Gasteiger partial charge on any atom is -0.493 e. The summed E-state index contributed by atoms with van der Waals surface area (Å²) < 4.78 is 7.73. The molecule has 1 atom stereocenters. The largest absolute Gasteiger partial charge is 0.493 e. The van der Waals surface area contributed by atoms with E-state index in [0.717, 1.165) is 48.9 Å². The molecule has 30 heavy (non-hydrogen) atoms. The molecule has 1 aliphatic rings. The molecule has 0 bridgehead atoms. The van der Waals surface area contributed by atoms with Gasteiger partial charge in [0.25, 0.3) is 0 Å². The number of benzene rings is 1. The predicted octanol–water partition coefficient (Wildman–Crippen LogP) is 4.00. The molecule has 1 saturated heterocycles. The van der Waals surface area contributed by atoms with E-state index in [1.807, 2.05) is 64.3 Å². The standard InChI is InChI=1S/C24H28N4O2/c1-2-22-25-14-16-28(22)23-12-6-11-21(26-23)19-8-7-15-27(18-19)24(29)13-17-30-20-9-4-3-5-10-20/h3-6,9-12,14,16,19H,2,7-8,13,15,17-18H2,1H3/t19-/m0/s1. The van der Waals surface area contributed by atoms with Crippen LogP contribution in [0.2, 0.25) is 0 Å². The van der Waals surface area contributed by atoms with Gasteiger partial charge in [0.15, 0.2) is 0 Å². The summed E-state index contributed by atoms with van der Waals surface area (Å²) in [5, 5.41) is 0. The third-order valence-electron chi connectivity index (χ3n) is 5.56. The molecule has 0 radical (unpaired) electrons. The van der Waals surface area contributed by atoms with Crippen LogP contribution in [-0.4, -0.2) is 45.0 Å². The molecule has 0 spiro atoms. The van der Waals surface area contributed by atoms with Gasteiger partial charge in [-0.1, -0.05) is 31.2 Å². The van der Waals surface area contributed by atoms with Crippen LogP contribution >= 0.6 is 0 Å². The van der Waals surface area contributed by atoms with Crippen molar-refractivity contribution >= 4 is 5.91 Å². The molecule has 3 aromatic rings. The van der Waals surface area contributed by atoms with Crippen LogP contribution in [0.25, 0.3) is 5.82 Å². The fourth-order valence-corrected chi connectivity index (χ4v) is 3.98. The normalized spacial score (nSPS) is 16.4. The van der Waals surface area contributed by atoms with E-state index >= 15 is 0 Å². The van der Waals surface area contributed by atoms with E-state index in [4.69, 9.17) is 9.72 Å². The van der Waals surface area contributed by atoms with Crippen molar-refractivity contribution < 1.29 is 9.53 Å². The Bertz CT molecular complexity index is 970. The number of hydrogen-bond donors (Lipinski definition) is 0. The van der Waals surface area contributed by atoms with Crippen LogP contribution < -0.4 is 4.74 Å². The first kappa shape index (κ1) is 20.1. The highest BCUT2D eigenvalue weighted by molar-refractivity contribution is 5.76. The molecule has 0 N–H and O–H groups in total. The Balaban J connectivity index is 1.38. The number of imidazole rings is 1. The number of para-hydroxylation sites is 1. The molecule has 6 nitrogen and oxygen atoms in total. The summed E-state index contributed by atoms with van der Waals surface area (Å²) in [5.41, 5.74) is 1.04. The number of likely N-dealkylation sites (tertiary alicyclic amines) is 1. The first-order valence-corrected chi connectivity index (χ1v) is 10.7. The van der Waals surface area contributed by atoms with Gasteiger partial charge < -0.3 is 9.64 Å². The average molecular weight is 405 g/mol. The lowest BCUT2D eigenvalue weighted by atomic mass is 9.94. The molecule has 1 aromatic carbocycles. The summed E-state index contributed by atoms with van der Waals surface area (Å²) >= 11 is 0. The van der Waals surface area contributed by atoms with Crippen LogP contribution in [0.3, 0.4) is 0 Å². The number of nitrogens with zero attached hydrogens (tertiary/aromatic N) is 4. The smallest absolute Gasteiger partial charge is 0.226 e. The molecular formula is C24H28N4O2. The second-order valence-corrected chi connectivity index (χ2v) is 7.58. The van der Waals surface area contributed by atoms with Crippen LogP contribution in [0.1, 0.15) is 43.6 Å². The van der Waals surface area contributed by atoms with Gasteiger partial charge in [0, 0.05) is 43.5 Å². The molecule has 1 aliphatic heterocycles. The third-order valence-corrected chi connectivity index (χ3v) is 5.56. The Hall–Kier alpha value is -3.15. The van der Waals surface area contributed by atoms with Crippen molar-refractivity contribution in [1.29, 1.82) is 0 Å². The summed E-state index contributed by atoms with van der Waals surface area (Å²) in [5.74, 6) is 3.09. The van der Waals surface area contributed by atoms with Crippen molar-refractivity contribution in [2.24, 2.45) is 0 Å². The van der Waals surface area contributed by atoms with Crippen LogP contribution in [0, 0.1) is 0 Å². The van der Waals surface area contributed by atoms with Crippen molar-refractivity contribution in [3.8, 4) is 11.6 Å². The van der Waals surface area contributed by atoms with Crippen LogP contribution in [0.15, 0.2) is 60.9 Å². The van der Waals surface area contributed by atoms with E-state index < -0.39 is 0 Å². The predicted molar refractivity (Wildman–Crippen MR) is 116 cm³/mol. The van der Waals surface area contributed by atoms with E-state index in [0.29, 0.717) is 19.6 Å². The molecular weight excluding hydrogens is 376 g/mol. The number of rotatable bonds is 7. The van der Waals surface area contributed by atoms with Gasteiger partial charge in [0.05, 0.1) is 13.0 Å². The lowest BCUT2D eigenvalue weighted by Crippen LogP contribution is -2.39. The minimum atomic E-state index is 0.148. The molecule has 0 aliphatic carbocycles. The Morgan fingerprint density at radius 3 is 2.87 bits per heavy atom. The number of carbonyl (C=O) groups excluding carboxylic acids is 1. The zero-order valence-corrected chi connectivity index (χ0v) is 17.4. The highest BCUT2D eigenvalue weighted by Crippen LogP contribution is 2.27. The van der Waals surface area contributed by atoms with Gasteiger partial charge in [0.1, 0.15) is 17.4 Å². The first-order valence-electron chi connectivity index (χ1n) is 10.7. The van der Waals surface area contributed by atoms with Gasteiger partial charge in [-0.2, -0.15) is 0 Å². The number of pyridine rings is 1. The average Bonchev–Trinajstić information content (AvgIpc) is 3.29. The molecule has 6 heteroatoms. The van der Waals surface area contributed by atoms with E-state index in [-0.39, 0.29) is 11.8 Å². The van der Waals surface area contributed by atoms with E-state index in [9.17, 15) is 4.79 Å². The van der Waals surface area contributed by atoms with Crippen LogP contribution in [-0.2, 0) is 11.2 Å². The van der Waals surface area contributed by atoms with E-state index in [1.54, 1.807) is 0 Å². The van der Waals surface area contributed by atoms with Crippen molar-refractivity contribution in [3.05, 3.63) is 72.4 Å². The van der Waals surface area contributed by atoms with Gasteiger partial charge in [-0.25, -0.2) is 9.97 Å². The van der Waals surface area contributed by atoms with E-state index in [1.165, 1.54) is 0 Å². The molecule has 1 fully saturated rings. The van der Waals surface area contributed by atoms with Gasteiger partial charge in [-0.15, -0.1) is 0 Å². The maximum Gasteiger partial charge on any atom is 0.226 e. The summed E-state index contributed by atoms with van der Waals surface area (Å²) in [7, 11) is 0. The lowest BCUT2D eigenvalue weighted by Gasteiger charge is -2.32. The molecule has 4 rings (SSSR count). The Morgan fingerprint density at radius 2 is 2.03 bits per heavy atom. The highest BCUT2D eigenvalue weighted by atomic mass is 16.5. The maximum atomic E-state index is 12.7. The second-order valence-electron chi connectivity index (χ2n) is 7.58. The van der Waals surface area contributed by atoms with Gasteiger partial charge in [0.2, 0.25) is 5.91 Å². The van der Waals surface area contributed by atoms with E-state index in [2.05, 4.69) is 18.0 Å². The zero-order valence-electron chi connectivity index (χ0n) is 17.4. The summed E-state index contributed by atoms with van der Waals surface area (Å²) in [6.45, 7) is 4.01. The first-order chi connectivity index (χ1) is 14.7. The van der Waals surface area contributed by atoms with Crippen molar-refractivity contribution in [2.75, 3.05) is 19.7 Å². The number of amides is 1. The molecule has 156 valence electrons. The topological polar surface area (TPSA) is 60.2 Å². The fraction of sp³-hybridized carbons (Fsp3) is 0.375. The summed E-state index contributed by atoms with van der Waals surface area (Å²) in [6.07, 6.45) is 7.05. The number of hydrogen-bond acceptors (Lipinski definition) is 4. The third kappa shape index (κ3) is 4.70. The number of aryl methyl sites for hydroxylation is 1. The van der Waals surface area contributed by atoms with Crippen LogP contribution in [0.4, 0.5) is 0 Å². The fourth-order valence-electron chi connectivity index (χ4n) is 3.98. The summed E-state index contributed by atoms with van der Waals surface area (Å²) in [4.78, 5) is 24.0. The summed E-state index contributed by atoms with van der Waals surface area (Å²) in [6, 6.07) is 15.8. The van der Waals surface area contributed by atoms with Gasteiger partial charge in [-0.05, 0) is 37.1 Å². The highest BCUT2D eigenvalue weighted by Gasteiger charge is 2.25. The number of ether oxygens (including phenoxy) is 1. The Labute approximate surface area is 177 Å². The monoisotopic (exact) mass is 404 g/mol. The Kier molecular flexibility index (Phi) is 6.42. The van der Waals surface area contributed by atoms with Crippen molar-refractivity contribution in [3.63, 3.8) is 0 Å². The zero-order chi connectivity index (χ0) is 20.8. The number of aromatic nitrogens is 3. The molecule has 3 heterocycles. The Morgan fingerprint density at radius 1 is 1.17 bits per heavy atom. The molecule has 1 amide bonds. The molecule has 0 unspecified atom stereocenters. The lowest BCUT2D eigenvalue weighted by molar-refractivity contribution is -0.132. The quantitative estimate of drug-likeness (QED) is 0.597.